The molecule has 0 aliphatic carbocycles. The Morgan fingerprint density at radius 1 is 0.941 bits per heavy atom. The smallest absolute Gasteiger partial charge is 0.329 e. The number of aliphatic hydroxyl groups is 1. The van der Waals surface area contributed by atoms with Crippen molar-refractivity contribution in [2.75, 3.05) is 0 Å². The zero-order valence-electron chi connectivity index (χ0n) is 9.08. The lowest BCUT2D eigenvalue weighted by molar-refractivity contribution is 0.282. The maximum absolute atomic E-state index is 10.9. The number of rotatable bonds is 3. The van der Waals surface area contributed by atoms with Gasteiger partial charge in [0.1, 0.15) is 0 Å². The van der Waals surface area contributed by atoms with Crippen LogP contribution in [0.4, 0.5) is 0 Å². The molecule has 0 unspecified atom stereocenters. The van der Waals surface area contributed by atoms with Gasteiger partial charge in [-0.1, -0.05) is 30.3 Å². The second-order valence-corrected chi connectivity index (χ2v) is 5.64. The average molecular weight is 252 g/mol. The molecular weight excluding hydrogens is 239 g/mol. The van der Waals surface area contributed by atoms with Crippen LogP contribution in [0.3, 0.4) is 0 Å². The van der Waals surface area contributed by atoms with E-state index in [0.717, 1.165) is 16.3 Å². The van der Waals surface area contributed by atoms with Crippen molar-refractivity contribution in [2.45, 2.75) is 12.8 Å². The molecule has 2 aromatic carbocycles. The van der Waals surface area contributed by atoms with Gasteiger partial charge in [0.05, 0.1) is 12.8 Å². The number of aliphatic hydroxyl groups excluding tert-OH is 1. The summed E-state index contributed by atoms with van der Waals surface area (Å²) in [5.41, 5.74) is 1.38. The third-order valence-corrected chi connectivity index (χ3v) is 3.32. The molecule has 0 saturated heterocycles. The predicted molar refractivity (Wildman–Crippen MR) is 65.6 cm³/mol. The van der Waals surface area contributed by atoms with Crippen LogP contribution < -0.4 is 0 Å². The van der Waals surface area contributed by atoms with E-state index in [-0.39, 0.29) is 12.8 Å². The lowest BCUT2D eigenvalue weighted by atomic mass is 10.1. The topological polar surface area (TPSA) is 77.8 Å². The Kier molecular flexibility index (Phi) is 3.31. The van der Waals surface area contributed by atoms with Crippen LogP contribution >= 0.6 is 7.60 Å². The largest absolute Gasteiger partial charge is 0.392 e. The van der Waals surface area contributed by atoms with Crippen molar-refractivity contribution in [1.82, 2.24) is 0 Å². The van der Waals surface area contributed by atoms with Crippen LogP contribution in [0.1, 0.15) is 11.1 Å². The fourth-order valence-electron chi connectivity index (χ4n) is 1.78. The molecule has 0 aliphatic rings. The predicted octanol–water partition coefficient (Wildman–Crippen LogP) is 2.01. The quantitative estimate of drug-likeness (QED) is 0.730. The molecule has 0 saturated carbocycles. The summed E-state index contributed by atoms with van der Waals surface area (Å²) in [5, 5.41) is 10.9. The lowest BCUT2D eigenvalue weighted by Crippen LogP contribution is -1.88. The van der Waals surface area contributed by atoms with E-state index >= 15 is 0 Å². The summed E-state index contributed by atoms with van der Waals surface area (Å²) in [5.74, 6) is 0. The minimum atomic E-state index is -4.03. The molecule has 4 nitrogen and oxygen atoms in total. The van der Waals surface area contributed by atoms with Gasteiger partial charge in [-0.2, -0.15) is 0 Å². The van der Waals surface area contributed by atoms with Crippen molar-refractivity contribution in [3.8, 4) is 0 Å². The van der Waals surface area contributed by atoms with E-state index in [1.807, 2.05) is 24.3 Å². The monoisotopic (exact) mass is 252 g/mol. The molecule has 90 valence electrons. The molecular formula is C12H13O4P. The summed E-state index contributed by atoms with van der Waals surface area (Å²) in [7, 11) is -4.03. The number of fused-ring (bicyclic) bond motifs is 1. The van der Waals surface area contributed by atoms with E-state index in [0.29, 0.717) is 5.56 Å². The first kappa shape index (κ1) is 12.3. The SMILES string of the molecule is O=P(O)(O)Cc1ccc2ccc(CO)cc2c1. The molecule has 2 rings (SSSR count). The molecule has 0 fully saturated rings. The van der Waals surface area contributed by atoms with Crippen LogP contribution in [0.15, 0.2) is 36.4 Å². The molecule has 0 aliphatic heterocycles. The number of hydrogen-bond acceptors (Lipinski definition) is 2. The molecule has 0 bridgehead atoms. The van der Waals surface area contributed by atoms with E-state index in [1.54, 1.807) is 12.1 Å². The van der Waals surface area contributed by atoms with Gasteiger partial charge >= 0.3 is 7.60 Å². The molecule has 2 aromatic rings. The van der Waals surface area contributed by atoms with E-state index < -0.39 is 7.60 Å². The summed E-state index contributed by atoms with van der Waals surface area (Å²) in [6, 6.07) is 10.8. The lowest BCUT2D eigenvalue weighted by Gasteiger charge is -2.06. The first-order valence-corrected chi connectivity index (χ1v) is 6.95. The molecule has 3 N–H and O–H groups in total. The molecule has 0 heterocycles. The summed E-state index contributed by atoms with van der Waals surface area (Å²) in [6.07, 6.45) is -0.258. The Morgan fingerprint density at radius 2 is 1.53 bits per heavy atom. The highest BCUT2D eigenvalue weighted by molar-refractivity contribution is 7.50. The van der Waals surface area contributed by atoms with Crippen molar-refractivity contribution in [2.24, 2.45) is 0 Å². The third kappa shape index (κ3) is 3.14. The number of hydrogen-bond donors (Lipinski definition) is 3. The van der Waals surface area contributed by atoms with Gasteiger partial charge in [-0.05, 0) is 28.0 Å². The summed E-state index contributed by atoms with van der Waals surface area (Å²) in [6.45, 7) is -0.0430. The van der Waals surface area contributed by atoms with Crippen molar-refractivity contribution >= 4 is 18.4 Å². The standard InChI is InChI=1S/C12H13O4P/c13-7-9-1-3-11-4-2-10(6-12(11)5-9)8-17(14,15)16/h1-6,13H,7-8H2,(H2,14,15,16). The van der Waals surface area contributed by atoms with Crippen LogP contribution in [0.25, 0.3) is 10.8 Å². The Morgan fingerprint density at radius 3 is 2.12 bits per heavy atom. The molecule has 0 radical (unpaired) electrons. The average Bonchev–Trinajstić information content (AvgIpc) is 2.26. The van der Waals surface area contributed by atoms with Gasteiger partial charge in [-0.25, -0.2) is 0 Å². The van der Waals surface area contributed by atoms with Gasteiger partial charge < -0.3 is 14.9 Å². The zero-order chi connectivity index (χ0) is 12.5. The second-order valence-electron chi connectivity index (χ2n) is 4.00. The van der Waals surface area contributed by atoms with Gasteiger partial charge in [-0.15, -0.1) is 0 Å². The highest BCUT2D eigenvalue weighted by Gasteiger charge is 2.13. The Bertz CT molecular complexity index is 588. The van der Waals surface area contributed by atoms with Gasteiger partial charge in [0.2, 0.25) is 0 Å². The summed E-state index contributed by atoms with van der Waals surface area (Å²) >= 11 is 0. The van der Waals surface area contributed by atoms with Crippen molar-refractivity contribution in [1.29, 1.82) is 0 Å². The molecule has 0 atom stereocenters. The summed E-state index contributed by atoms with van der Waals surface area (Å²) < 4.78 is 10.9. The van der Waals surface area contributed by atoms with E-state index in [2.05, 4.69) is 0 Å². The first-order chi connectivity index (χ1) is 7.98. The van der Waals surface area contributed by atoms with E-state index in [9.17, 15) is 4.57 Å². The van der Waals surface area contributed by atoms with Crippen LogP contribution in [0.2, 0.25) is 0 Å². The fraction of sp³-hybridized carbons (Fsp3) is 0.167. The normalized spacial score (nSPS) is 11.9. The van der Waals surface area contributed by atoms with Gasteiger partial charge in [0.25, 0.3) is 0 Å². The molecule has 0 aromatic heterocycles. The Balaban J connectivity index is 2.44. The van der Waals surface area contributed by atoms with Crippen molar-refractivity contribution < 1.29 is 19.5 Å². The second kappa shape index (κ2) is 4.59. The van der Waals surface area contributed by atoms with E-state index in [4.69, 9.17) is 14.9 Å². The maximum Gasteiger partial charge on any atom is 0.329 e. The Labute approximate surface area is 98.7 Å². The van der Waals surface area contributed by atoms with Crippen LogP contribution in [-0.4, -0.2) is 14.9 Å². The van der Waals surface area contributed by atoms with Gasteiger partial charge in [0.15, 0.2) is 0 Å². The molecule has 17 heavy (non-hydrogen) atoms. The van der Waals surface area contributed by atoms with Gasteiger partial charge in [0, 0.05) is 0 Å². The first-order valence-electron chi connectivity index (χ1n) is 5.15. The third-order valence-electron chi connectivity index (χ3n) is 2.54. The fourth-order valence-corrected chi connectivity index (χ4v) is 2.45. The number of benzene rings is 2. The molecule has 0 amide bonds. The highest BCUT2D eigenvalue weighted by atomic mass is 31.2. The molecule has 0 spiro atoms. The minimum absolute atomic E-state index is 0.0430. The Hall–Kier alpha value is -1.19. The van der Waals surface area contributed by atoms with Crippen molar-refractivity contribution in [3.63, 3.8) is 0 Å². The maximum atomic E-state index is 10.9. The zero-order valence-corrected chi connectivity index (χ0v) is 9.97. The van der Waals surface area contributed by atoms with Gasteiger partial charge in [-0.3, -0.25) is 4.57 Å². The van der Waals surface area contributed by atoms with Crippen LogP contribution in [0, 0.1) is 0 Å². The minimum Gasteiger partial charge on any atom is -0.392 e. The van der Waals surface area contributed by atoms with Crippen LogP contribution in [-0.2, 0) is 17.3 Å². The van der Waals surface area contributed by atoms with E-state index in [1.165, 1.54) is 0 Å². The molecule has 5 heteroatoms. The van der Waals surface area contributed by atoms with Crippen molar-refractivity contribution in [3.05, 3.63) is 47.5 Å². The van der Waals surface area contributed by atoms with Crippen LogP contribution in [0.5, 0.6) is 0 Å². The highest BCUT2D eigenvalue weighted by Crippen LogP contribution is 2.39. The summed E-state index contributed by atoms with van der Waals surface area (Å²) in [4.78, 5) is 17.8.